The lowest BCUT2D eigenvalue weighted by Gasteiger charge is -2.17. The summed E-state index contributed by atoms with van der Waals surface area (Å²) in [6.45, 7) is 0. The quantitative estimate of drug-likeness (QED) is 0.709. The van der Waals surface area contributed by atoms with E-state index in [0.29, 0.717) is 9.99 Å². The molecular weight excluding hydrogens is 302 g/mol. The molecule has 0 aliphatic rings. The maximum absolute atomic E-state index is 12.3. The second-order valence-corrected chi connectivity index (χ2v) is 6.10. The lowest BCUT2D eigenvalue weighted by molar-refractivity contribution is 0.554. The number of benzene rings is 2. The Kier molecular flexibility index (Phi) is 3.56. The van der Waals surface area contributed by atoms with Gasteiger partial charge in [-0.15, -0.1) is 0 Å². The smallest absolute Gasteiger partial charge is 0.333 e. The number of hydrogen-bond acceptors (Lipinski definition) is 3. The molecule has 22 heavy (non-hydrogen) atoms. The molecule has 0 atom stereocenters. The third kappa shape index (κ3) is 2.66. The first kappa shape index (κ1) is 14.2. The van der Waals surface area contributed by atoms with Gasteiger partial charge in [0.05, 0.1) is 11.4 Å². The Bertz CT molecular complexity index is 904. The van der Waals surface area contributed by atoms with Gasteiger partial charge in [0.2, 0.25) is 0 Å². The van der Waals surface area contributed by atoms with Crippen LogP contribution in [0.25, 0.3) is 10.9 Å². The van der Waals surface area contributed by atoms with Gasteiger partial charge in [0.1, 0.15) is 0 Å². The van der Waals surface area contributed by atoms with Crippen molar-refractivity contribution in [2.45, 2.75) is 0 Å². The first-order valence-corrected chi connectivity index (χ1v) is 7.87. The molecule has 1 radical (unpaired) electrons. The Morgan fingerprint density at radius 2 is 1.82 bits per heavy atom. The van der Waals surface area contributed by atoms with Crippen molar-refractivity contribution in [1.29, 1.82) is 0 Å². The van der Waals surface area contributed by atoms with Gasteiger partial charge in [-0.2, -0.15) is 12.7 Å². The Labute approximate surface area is 127 Å². The predicted molar refractivity (Wildman–Crippen MR) is 85.5 cm³/mol. The van der Waals surface area contributed by atoms with E-state index in [-0.39, 0.29) is 5.69 Å². The van der Waals surface area contributed by atoms with Gasteiger partial charge in [-0.3, -0.25) is 9.52 Å². The monoisotopic (exact) mass is 314 g/mol. The van der Waals surface area contributed by atoms with E-state index in [4.69, 9.17) is 0 Å². The van der Waals surface area contributed by atoms with Crippen molar-refractivity contribution in [3.8, 4) is 0 Å². The normalized spacial score (nSPS) is 11.3. The van der Waals surface area contributed by atoms with E-state index in [1.165, 1.54) is 6.41 Å². The molecular formula is C15H12N3O3S. The third-order valence-corrected chi connectivity index (χ3v) is 4.38. The van der Waals surface area contributed by atoms with Gasteiger partial charge in [-0.05, 0) is 35.7 Å². The van der Waals surface area contributed by atoms with Crippen LogP contribution in [0.3, 0.4) is 0 Å². The number of aromatic amines is 1. The molecule has 2 aromatic carbocycles. The third-order valence-electron chi connectivity index (χ3n) is 3.12. The number of H-pyrrole nitrogens is 1. The molecule has 1 amide bonds. The van der Waals surface area contributed by atoms with E-state index in [1.54, 1.807) is 54.7 Å². The van der Waals surface area contributed by atoms with Crippen molar-refractivity contribution in [2.75, 3.05) is 9.03 Å². The van der Waals surface area contributed by atoms with Crippen LogP contribution >= 0.6 is 0 Å². The van der Waals surface area contributed by atoms with Gasteiger partial charge in [0.15, 0.2) is 0 Å². The summed E-state index contributed by atoms with van der Waals surface area (Å²) in [5.41, 5.74) is 1.30. The highest BCUT2D eigenvalue weighted by Crippen LogP contribution is 2.23. The van der Waals surface area contributed by atoms with Gasteiger partial charge in [0.25, 0.3) is 0 Å². The first-order chi connectivity index (χ1) is 10.6. The molecule has 7 heteroatoms. The lowest BCUT2D eigenvalue weighted by atomic mass is 10.2. The molecule has 0 saturated carbocycles. The molecule has 0 spiro atoms. The molecule has 0 unspecified atom stereocenters. The molecule has 0 aliphatic carbocycles. The van der Waals surface area contributed by atoms with Crippen LogP contribution < -0.4 is 9.03 Å². The fraction of sp³-hybridized carbons (Fsp3) is 0. The molecule has 0 aliphatic heterocycles. The number of aromatic nitrogens is 1. The van der Waals surface area contributed by atoms with Crippen molar-refractivity contribution in [1.82, 2.24) is 4.98 Å². The average Bonchev–Trinajstić information content (AvgIpc) is 2.96. The summed E-state index contributed by atoms with van der Waals surface area (Å²) in [6.07, 6.45) is 3.19. The van der Waals surface area contributed by atoms with Crippen LogP contribution in [0.5, 0.6) is 0 Å². The van der Waals surface area contributed by atoms with Crippen LogP contribution in [0.2, 0.25) is 0 Å². The highest BCUT2D eigenvalue weighted by Gasteiger charge is 2.23. The molecule has 1 heterocycles. The fourth-order valence-corrected chi connectivity index (χ4v) is 3.12. The number of carbonyl (C=O) groups excluding carboxylic acids is 1. The maximum atomic E-state index is 12.3. The van der Waals surface area contributed by atoms with Crippen LogP contribution in [0.15, 0.2) is 60.8 Å². The number of nitrogens with zero attached hydrogens (tertiary/aromatic N) is 1. The number of amides is 1. The number of anilines is 2. The summed E-state index contributed by atoms with van der Waals surface area (Å²) in [5.74, 6) is 0. The Balaban J connectivity index is 1.97. The molecule has 0 fully saturated rings. The first-order valence-electron chi connectivity index (χ1n) is 6.43. The highest BCUT2D eigenvalue weighted by molar-refractivity contribution is 7.94. The van der Waals surface area contributed by atoms with Gasteiger partial charge in [-0.1, -0.05) is 24.3 Å². The molecule has 2 N–H and O–H groups in total. The molecule has 3 rings (SSSR count). The second-order valence-electron chi connectivity index (χ2n) is 4.58. The average molecular weight is 314 g/mol. The largest absolute Gasteiger partial charge is 0.361 e. The molecule has 0 saturated heterocycles. The standard InChI is InChI=1S/C15H12N3O3S/c19-11-18(14-7-6-12-8-9-16-15(12)10-14)22(20,21)17-13-4-2-1-3-5-13/h1-10,16-17H. The summed E-state index contributed by atoms with van der Waals surface area (Å²) in [4.78, 5) is 14.2. The number of para-hydroxylation sites is 1. The predicted octanol–water partition coefficient (Wildman–Crippen LogP) is 2.40. The molecule has 3 aromatic rings. The lowest BCUT2D eigenvalue weighted by Crippen LogP contribution is -2.34. The van der Waals surface area contributed by atoms with Crippen LogP contribution in [0.1, 0.15) is 0 Å². The molecule has 1 aromatic heterocycles. The van der Waals surface area contributed by atoms with Gasteiger partial charge >= 0.3 is 16.6 Å². The minimum Gasteiger partial charge on any atom is -0.361 e. The molecule has 6 nitrogen and oxygen atoms in total. The molecule has 0 bridgehead atoms. The molecule has 111 valence electrons. The maximum Gasteiger partial charge on any atom is 0.333 e. The Morgan fingerprint density at radius 1 is 1.05 bits per heavy atom. The van der Waals surface area contributed by atoms with Crippen molar-refractivity contribution < 1.29 is 13.2 Å². The Hall–Kier alpha value is -2.80. The van der Waals surface area contributed by atoms with E-state index in [1.807, 2.05) is 6.07 Å². The number of hydrogen-bond donors (Lipinski definition) is 2. The van der Waals surface area contributed by atoms with E-state index in [9.17, 15) is 13.2 Å². The van der Waals surface area contributed by atoms with Crippen molar-refractivity contribution >= 4 is 38.9 Å². The Morgan fingerprint density at radius 3 is 2.55 bits per heavy atom. The van der Waals surface area contributed by atoms with Crippen molar-refractivity contribution in [3.63, 3.8) is 0 Å². The zero-order valence-electron chi connectivity index (χ0n) is 11.4. The van der Waals surface area contributed by atoms with E-state index < -0.39 is 10.2 Å². The zero-order valence-corrected chi connectivity index (χ0v) is 12.2. The van der Waals surface area contributed by atoms with Crippen LogP contribution in [-0.4, -0.2) is 19.8 Å². The summed E-state index contributed by atoms with van der Waals surface area (Å²) in [6, 6.07) is 15.0. The van der Waals surface area contributed by atoms with Crippen LogP contribution in [-0.2, 0) is 15.0 Å². The van der Waals surface area contributed by atoms with Gasteiger partial charge < -0.3 is 4.98 Å². The minimum atomic E-state index is -4.08. The van der Waals surface area contributed by atoms with Gasteiger partial charge in [-0.25, -0.2) is 0 Å². The number of nitrogens with one attached hydrogen (secondary N) is 2. The number of fused-ring (bicyclic) bond motifs is 1. The summed E-state index contributed by atoms with van der Waals surface area (Å²) in [7, 11) is -4.08. The zero-order chi connectivity index (χ0) is 15.6. The summed E-state index contributed by atoms with van der Waals surface area (Å²) < 4.78 is 27.6. The van der Waals surface area contributed by atoms with Crippen molar-refractivity contribution in [3.05, 3.63) is 60.8 Å². The van der Waals surface area contributed by atoms with E-state index in [2.05, 4.69) is 9.71 Å². The van der Waals surface area contributed by atoms with Gasteiger partial charge in [0, 0.05) is 11.7 Å². The summed E-state index contributed by atoms with van der Waals surface area (Å²) in [5, 5.41) is 0.919. The van der Waals surface area contributed by atoms with Crippen LogP contribution in [0.4, 0.5) is 11.4 Å². The number of rotatable bonds is 5. The van der Waals surface area contributed by atoms with Crippen molar-refractivity contribution in [2.24, 2.45) is 0 Å². The van der Waals surface area contributed by atoms with E-state index >= 15 is 0 Å². The van der Waals surface area contributed by atoms with Crippen LogP contribution in [0, 0.1) is 0 Å². The highest BCUT2D eigenvalue weighted by atomic mass is 32.2. The SMILES string of the molecule is O=[C]N(c1ccc2cc[nH]c2c1)S(=O)(=O)Nc1ccccc1. The minimum absolute atomic E-state index is 0.202. The fourth-order valence-electron chi connectivity index (χ4n) is 2.10. The summed E-state index contributed by atoms with van der Waals surface area (Å²) >= 11 is 0. The topological polar surface area (TPSA) is 82.3 Å². The second kappa shape index (κ2) is 5.53. The van der Waals surface area contributed by atoms with E-state index in [0.717, 1.165) is 10.9 Å².